The Hall–Kier alpha value is -1.67. The molecule has 0 aliphatic rings. The highest BCUT2D eigenvalue weighted by Crippen LogP contribution is 2.24. The second kappa shape index (κ2) is 9.46. The molecule has 2 aromatic rings. The van der Waals surface area contributed by atoms with E-state index < -0.39 is 0 Å². The van der Waals surface area contributed by atoms with E-state index in [1.807, 2.05) is 30.3 Å². The highest BCUT2D eigenvalue weighted by atomic mass is 127. The minimum atomic E-state index is 0. The lowest BCUT2D eigenvalue weighted by Gasteiger charge is -2.11. The van der Waals surface area contributed by atoms with Crippen LogP contribution in [0, 0.1) is 0 Å². The maximum Gasteiger partial charge on any atom is 0.193 e. The zero-order valence-corrected chi connectivity index (χ0v) is 16.0. The van der Waals surface area contributed by atoms with E-state index in [0.29, 0.717) is 29.0 Å². The number of nitrogens with one attached hydrogen (secondary N) is 1. The third-order valence-electron chi connectivity index (χ3n) is 3.04. The van der Waals surface area contributed by atoms with Crippen molar-refractivity contribution in [2.75, 3.05) is 19.5 Å². The topological polar surface area (TPSA) is 68.9 Å². The van der Waals surface area contributed by atoms with Crippen molar-refractivity contribution >= 4 is 47.2 Å². The van der Waals surface area contributed by atoms with Crippen LogP contribution in [0.15, 0.2) is 47.5 Å². The van der Waals surface area contributed by atoms with Gasteiger partial charge in [0.2, 0.25) is 0 Å². The summed E-state index contributed by atoms with van der Waals surface area (Å²) in [5, 5.41) is 3.63. The van der Waals surface area contributed by atoms with Gasteiger partial charge in [-0.3, -0.25) is 0 Å². The Bertz CT molecular complexity index is 680. The number of benzene rings is 2. The van der Waals surface area contributed by atoms with Gasteiger partial charge in [0.05, 0.1) is 26.5 Å². The van der Waals surface area contributed by atoms with E-state index in [0.717, 1.165) is 11.3 Å². The van der Waals surface area contributed by atoms with Crippen LogP contribution in [0.5, 0.6) is 11.5 Å². The van der Waals surface area contributed by atoms with Crippen LogP contribution in [0.3, 0.4) is 0 Å². The third kappa shape index (κ3) is 5.47. The van der Waals surface area contributed by atoms with Crippen LogP contribution in [0.25, 0.3) is 0 Å². The van der Waals surface area contributed by atoms with E-state index in [4.69, 9.17) is 26.8 Å². The molecule has 0 saturated carbocycles. The van der Waals surface area contributed by atoms with Crippen LogP contribution in [0.1, 0.15) is 5.56 Å². The SMILES string of the molecule is COc1cc(Cl)ccc1CN=C(N)Nc1ccccc1OC.I. The molecular formula is C16H19ClIN3O2. The predicted octanol–water partition coefficient (Wildman–Crippen LogP) is 3.90. The molecule has 0 aliphatic carbocycles. The molecule has 2 aromatic carbocycles. The molecule has 0 spiro atoms. The second-order valence-corrected chi connectivity index (χ2v) is 4.92. The molecule has 0 amide bonds. The molecule has 0 fully saturated rings. The molecule has 0 aromatic heterocycles. The maximum absolute atomic E-state index is 5.93. The summed E-state index contributed by atoms with van der Waals surface area (Å²) >= 11 is 5.93. The Kier molecular flexibility index (Phi) is 7.97. The molecule has 0 saturated heterocycles. The molecule has 0 atom stereocenters. The molecule has 5 nitrogen and oxygen atoms in total. The van der Waals surface area contributed by atoms with Gasteiger partial charge in [-0.2, -0.15) is 0 Å². The van der Waals surface area contributed by atoms with Crippen molar-refractivity contribution in [3.05, 3.63) is 53.1 Å². The zero-order valence-electron chi connectivity index (χ0n) is 12.9. The van der Waals surface area contributed by atoms with Crippen LogP contribution in [0.4, 0.5) is 5.69 Å². The summed E-state index contributed by atoms with van der Waals surface area (Å²) in [6, 6.07) is 12.9. The number of guanidine groups is 1. The standard InChI is InChI=1S/C16H18ClN3O2.HI/c1-21-14-6-4-3-5-13(14)20-16(18)19-10-11-7-8-12(17)9-15(11)22-2;/h3-9H,10H2,1-2H3,(H3,18,19,20);1H. The average Bonchev–Trinajstić information content (AvgIpc) is 2.54. The van der Waals surface area contributed by atoms with Crippen molar-refractivity contribution in [1.29, 1.82) is 0 Å². The zero-order chi connectivity index (χ0) is 15.9. The number of methoxy groups -OCH3 is 2. The molecule has 124 valence electrons. The van der Waals surface area contributed by atoms with Gasteiger partial charge in [0.25, 0.3) is 0 Å². The molecule has 2 rings (SSSR count). The molecule has 0 bridgehead atoms. The second-order valence-electron chi connectivity index (χ2n) is 4.48. The summed E-state index contributed by atoms with van der Waals surface area (Å²) in [5.41, 5.74) is 7.57. The lowest BCUT2D eigenvalue weighted by molar-refractivity contribution is 0.410. The van der Waals surface area contributed by atoms with Gasteiger partial charge in [-0.25, -0.2) is 4.99 Å². The van der Waals surface area contributed by atoms with Gasteiger partial charge in [0, 0.05) is 10.6 Å². The largest absolute Gasteiger partial charge is 0.496 e. The van der Waals surface area contributed by atoms with Crippen LogP contribution < -0.4 is 20.5 Å². The predicted molar refractivity (Wildman–Crippen MR) is 105 cm³/mol. The Morgan fingerprint density at radius 2 is 1.83 bits per heavy atom. The van der Waals surface area contributed by atoms with Crippen LogP contribution in [0.2, 0.25) is 5.02 Å². The minimum absolute atomic E-state index is 0. The van der Waals surface area contributed by atoms with E-state index in [-0.39, 0.29) is 24.0 Å². The molecule has 23 heavy (non-hydrogen) atoms. The lowest BCUT2D eigenvalue weighted by Crippen LogP contribution is -2.23. The first kappa shape index (κ1) is 19.4. The fourth-order valence-electron chi connectivity index (χ4n) is 1.94. The number of halogens is 2. The monoisotopic (exact) mass is 447 g/mol. The van der Waals surface area contributed by atoms with Gasteiger partial charge in [-0.05, 0) is 24.3 Å². The number of anilines is 1. The highest BCUT2D eigenvalue weighted by molar-refractivity contribution is 14.0. The number of hydrogen-bond acceptors (Lipinski definition) is 3. The summed E-state index contributed by atoms with van der Waals surface area (Å²) < 4.78 is 10.5. The van der Waals surface area contributed by atoms with E-state index in [1.54, 1.807) is 26.4 Å². The van der Waals surface area contributed by atoms with Crippen molar-refractivity contribution in [3.63, 3.8) is 0 Å². The van der Waals surface area contributed by atoms with Gasteiger partial charge in [0.15, 0.2) is 5.96 Å². The van der Waals surface area contributed by atoms with E-state index in [2.05, 4.69) is 10.3 Å². The fourth-order valence-corrected chi connectivity index (χ4v) is 2.11. The van der Waals surface area contributed by atoms with Gasteiger partial charge >= 0.3 is 0 Å². The van der Waals surface area contributed by atoms with Crippen molar-refractivity contribution in [3.8, 4) is 11.5 Å². The number of nitrogens with zero attached hydrogens (tertiary/aromatic N) is 1. The van der Waals surface area contributed by atoms with Crippen LogP contribution >= 0.6 is 35.6 Å². The third-order valence-corrected chi connectivity index (χ3v) is 3.27. The van der Waals surface area contributed by atoms with Gasteiger partial charge in [-0.15, -0.1) is 24.0 Å². The number of nitrogens with two attached hydrogens (primary N) is 1. The van der Waals surface area contributed by atoms with Crippen LogP contribution in [-0.4, -0.2) is 20.2 Å². The van der Waals surface area contributed by atoms with E-state index in [9.17, 15) is 0 Å². The van der Waals surface area contributed by atoms with Crippen molar-refractivity contribution in [2.45, 2.75) is 6.54 Å². The van der Waals surface area contributed by atoms with Gasteiger partial charge < -0.3 is 20.5 Å². The lowest BCUT2D eigenvalue weighted by atomic mass is 10.2. The number of rotatable bonds is 5. The Morgan fingerprint density at radius 1 is 1.13 bits per heavy atom. The number of para-hydroxylation sites is 2. The summed E-state index contributed by atoms with van der Waals surface area (Å²) in [6.07, 6.45) is 0. The van der Waals surface area contributed by atoms with Gasteiger partial charge in [0.1, 0.15) is 11.5 Å². The van der Waals surface area contributed by atoms with Crippen LogP contribution in [-0.2, 0) is 6.54 Å². The van der Waals surface area contributed by atoms with Crippen molar-refractivity contribution in [2.24, 2.45) is 10.7 Å². The maximum atomic E-state index is 5.93. The molecule has 3 N–H and O–H groups in total. The minimum Gasteiger partial charge on any atom is -0.496 e. The number of hydrogen-bond donors (Lipinski definition) is 2. The fraction of sp³-hybridized carbons (Fsp3) is 0.188. The molecule has 7 heteroatoms. The molecule has 0 unspecified atom stereocenters. The number of aliphatic imine (C=N–C) groups is 1. The Balaban J connectivity index is 0.00000264. The first-order valence-corrected chi connectivity index (χ1v) is 7.04. The molecular weight excluding hydrogens is 429 g/mol. The van der Waals surface area contributed by atoms with Crippen molar-refractivity contribution in [1.82, 2.24) is 0 Å². The summed E-state index contributed by atoms with van der Waals surface area (Å²) in [4.78, 5) is 4.31. The first-order valence-electron chi connectivity index (χ1n) is 6.66. The smallest absolute Gasteiger partial charge is 0.193 e. The Labute approximate surface area is 157 Å². The molecule has 0 aliphatic heterocycles. The van der Waals surface area contributed by atoms with Gasteiger partial charge in [-0.1, -0.05) is 29.8 Å². The van der Waals surface area contributed by atoms with Crippen molar-refractivity contribution < 1.29 is 9.47 Å². The number of ether oxygens (including phenoxy) is 2. The normalized spacial score (nSPS) is 10.7. The summed E-state index contributed by atoms with van der Waals surface area (Å²) in [7, 11) is 3.20. The summed E-state index contributed by atoms with van der Waals surface area (Å²) in [6.45, 7) is 0.383. The molecule has 0 radical (unpaired) electrons. The highest BCUT2D eigenvalue weighted by Gasteiger charge is 2.05. The average molecular weight is 448 g/mol. The summed E-state index contributed by atoms with van der Waals surface area (Å²) in [5.74, 6) is 1.67. The molecule has 0 heterocycles. The quantitative estimate of drug-likeness (QED) is 0.414. The first-order chi connectivity index (χ1) is 10.6. The van der Waals surface area contributed by atoms with E-state index in [1.165, 1.54) is 0 Å². The Morgan fingerprint density at radius 3 is 2.52 bits per heavy atom. The van der Waals surface area contributed by atoms with E-state index >= 15 is 0 Å².